The lowest BCUT2D eigenvalue weighted by Gasteiger charge is -2.29. The summed E-state index contributed by atoms with van der Waals surface area (Å²) >= 11 is 0. The van der Waals surface area contributed by atoms with Gasteiger partial charge < -0.3 is 13.7 Å². The zero-order valence-electron chi connectivity index (χ0n) is 17.1. The Labute approximate surface area is 184 Å². The van der Waals surface area contributed by atoms with Gasteiger partial charge in [-0.05, 0) is 87.6 Å². The summed E-state index contributed by atoms with van der Waals surface area (Å²) in [5.41, 5.74) is 4.07. The minimum absolute atomic E-state index is 0. The number of fused-ring (bicyclic) bond motifs is 3. The highest BCUT2D eigenvalue weighted by Crippen LogP contribution is 2.41. The molecule has 0 bridgehead atoms. The number of likely N-dealkylation sites (tertiary alicyclic amines) is 1. The number of benzene rings is 2. The molecule has 0 atom stereocenters. The molecular formula is C23H27ClN2O3S. The topological polar surface area (TPSA) is 51.5 Å². The Kier molecular flexibility index (Phi) is 5.84. The standard InChI is InChI=1S/C23H26N2O3S.ClH/c1-24-14-11-17(12-15-24)23-20-16-18(9-10-21(20)25-13-5-8-22(23)25)28-29(26,27)19-6-3-2-4-7-19;/h2-4,6-7,9-10,16-17H,5,8,11-15H2,1H3;1H. The lowest BCUT2D eigenvalue weighted by Crippen LogP contribution is -2.29. The Bertz CT molecular complexity index is 1150. The maximum absolute atomic E-state index is 12.7. The van der Waals surface area contributed by atoms with E-state index in [4.69, 9.17) is 4.18 Å². The zero-order valence-corrected chi connectivity index (χ0v) is 18.7. The van der Waals surface area contributed by atoms with Crippen LogP contribution in [0.25, 0.3) is 10.9 Å². The van der Waals surface area contributed by atoms with Gasteiger partial charge in [0.05, 0.1) is 0 Å². The summed E-state index contributed by atoms with van der Waals surface area (Å²) in [6.45, 7) is 3.26. The summed E-state index contributed by atoms with van der Waals surface area (Å²) in [6, 6.07) is 14.1. The van der Waals surface area contributed by atoms with E-state index in [-0.39, 0.29) is 17.3 Å². The number of hydrogen-bond donors (Lipinski definition) is 0. The van der Waals surface area contributed by atoms with Gasteiger partial charge >= 0.3 is 10.1 Å². The number of hydrogen-bond acceptors (Lipinski definition) is 4. The largest absolute Gasteiger partial charge is 0.379 e. The lowest BCUT2D eigenvalue weighted by molar-refractivity contribution is 0.255. The molecule has 30 heavy (non-hydrogen) atoms. The average Bonchev–Trinajstić information content (AvgIpc) is 3.30. The fraction of sp³-hybridized carbons (Fsp3) is 0.391. The molecule has 0 aliphatic carbocycles. The number of nitrogens with zero attached hydrogens (tertiary/aromatic N) is 2. The van der Waals surface area contributed by atoms with Crippen molar-refractivity contribution < 1.29 is 12.6 Å². The van der Waals surface area contributed by atoms with Crippen LogP contribution >= 0.6 is 12.4 Å². The SMILES string of the molecule is CN1CCC(c2c3n(c4ccc(OS(=O)(=O)c5ccccc5)cc24)CCC3)CC1.Cl. The lowest BCUT2D eigenvalue weighted by atomic mass is 9.87. The van der Waals surface area contributed by atoms with Crippen molar-refractivity contribution >= 4 is 33.4 Å². The van der Waals surface area contributed by atoms with Crippen molar-refractivity contribution in [1.29, 1.82) is 0 Å². The van der Waals surface area contributed by atoms with E-state index in [1.807, 2.05) is 12.1 Å². The monoisotopic (exact) mass is 446 g/mol. The summed E-state index contributed by atoms with van der Waals surface area (Å²) in [7, 11) is -1.66. The molecule has 3 heterocycles. The van der Waals surface area contributed by atoms with Gasteiger partial charge in [0.2, 0.25) is 0 Å². The van der Waals surface area contributed by atoms with Gasteiger partial charge in [0.1, 0.15) is 10.6 Å². The molecule has 1 saturated heterocycles. The molecule has 5 rings (SSSR count). The Morgan fingerprint density at radius 3 is 2.47 bits per heavy atom. The van der Waals surface area contributed by atoms with Crippen LogP contribution in [0.4, 0.5) is 0 Å². The van der Waals surface area contributed by atoms with E-state index in [0.717, 1.165) is 44.3 Å². The Morgan fingerprint density at radius 2 is 1.73 bits per heavy atom. The number of aryl methyl sites for hydroxylation is 1. The molecule has 0 amide bonds. The van der Waals surface area contributed by atoms with Crippen LogP contribution in [-0.4, -0.2) is 38.0 Å². The first-order valence-electron chi connectivity index (χ1n) is 10.4. The van der Waals surface area contributed by atoms with E-state index >= 15 is 0 Å². The number of rotatable bonds is 4. The third-order valence-corrected chi connectivity index (χ3v) is 7.61. The second kappa shape index (κ2) is 8.25. The van der Waals surface area contributed by atoms with Crippen molar-refractivity contribution in [3.63, 3.8) is 0 Å². The highest BCUT2D eigenvalue weighted by Gasteiger charge is 2.29. The number of aromatic nitrogens is 1. The third-order valence-electron chi connectivity index (χ3n) is 6.35. The summed E-state index contributed by atoms with van der Waals surface area (Å²) in [5, 5.41) is 1.16. The molecule has 2 aliphatic heterocycles. The van der Waals surface area contributed by atoms with Gasteiger partial charge in [-0.3, -0.25) is 0 Å². The van der Waals surface area contributed by atoms with E-state index in [2.05, 4.69) is 16.5 Å². The molecule has 0 unspecified atom stereocenters. The molecule has 2 aliphatic rings. The molecule has 1 fully saturated rings. The molecule has 5 nitrogen and oxygen atoms in total. The Morgan fingerprint density at radius 1 is 1.00 bits per heavy atom. The molecule has 0 spiro atoms. The third kappa shape index (κ3) is 3.72. The number of halogens is 1. The minimum Gasteiger partial charge on any atom is -0.379 e. The summed E-state index contributed by atoms with van der Waals surface area (Å²) in [4.78, 5) is 2.56. The first-order chi connectivity index (χ1) is 14.0. The molecular weight excluding hydrogens is 420 g/mol. The van der Waals surface area contributed by atoms with Crippen molar-refractivity contribution in [2.75, 3.05) is 20.1 Å². The van der Waals surface area contributed by atoms with Gasteiger partial charge in [0.15, 0.2) is 0 Å². The predicted octanol–water partition coefficient (Wildman–Crippen LogP) is 4.59. The Hall–Kier alpha value is -2.02. The molecule has 2 aromatic carbocycles. The van der Waals surface area contributed by atoms with Crippen LogP contribution in [-0.2, 0) is 23.1 Å². The van der Waals surface area contributed by atoms with Crippen LogP contribution in [0.3, 0.4) is 0 Å². The maximum Gasteiger partial charge on any atom is 0.339 e. The van der Waals surface area contributed by atoms with E-state index < -0.39 is 10.1 Å². The van der Waals surface area contributed by atoms with Crippen LogP contribution in [0.5, 0.6) is 5.75 Å². The summed E-state index contributed by atoms with van der Waals surface area (Å²) in [5.74, 6) is 0.920. The van der Waals surface area contributed by atoms with Gasteiger partial charge in [-0.1, -0.05) is 18.2 Å². The van der Waals surface area contributed by atoms with E-state index in [1.54, 1.807) is 36.4 Å². The molecule has 0 saturated carbocycles. The van der Waals surface area contributed by atoms with Crippen LogP contribution < -0.4 is 4.18 Å². The molecule has 0 radical (unpaired) electrons. The molecule has 3 aromatic rings. The quantitative estimate of drug-likeness (QED) is 0.550. The van der Waals surface area contributed by atoms with Crippen molar-refractivity contribution in [3.05, 3.63) is 59.8 Å². The highest BCUT2D eigenvalue weighted by molar-refractivity contribution is 7.87. The van der Waals surface area contributed by atoms with Gasteiger partial charge in [-0.2, -0.15) is 8.42 Å². The second-order valence-corrected chi connectivity index (χ2v) is 9.77. The smallest absolute Gasteiger partial charge is 0.339 e. The normalized spacial score (nSPS) is 17.6. The van der Waals surface area contributed by atoms with E-state index in [9.17, 15) is 8.42 Å². The van der Waals surface area contributed by atoms with Crippen LogP contribution in [0.2, 0.25) is 0 Å². The predicted molar refractivity (Wildman–Crippen MR) is 121 cm³/mol. The average molecular weight is 447 g/mol. The van der Waals surface area contributed by atoms with Crippen LogP contribution in [0, 0.1) is 0 Å². The van der Waals surface area contributed by atoms with Crippen molar-refractivity contribution in [2.45, 2.75) is 43.0 Å². The van der Waals surface area contributed by atoms with Gasteiger partial charge in [0.25, 0.3) is 0 Å². The van der Waals surface area contributed by atoms with Crippen LogP contribution in [0.15, 0.2) is 53.4 Å². The summed E-state index contributed by atoms with van der Waals surface area (Å²) < 4.78 is 33.3. The van der Waals surface area contributed by atoms with Crippen LogP contribution in [0.1, 0.15) is 36.4 Å². The fourth-order valence-electron chi connectivity index (χ4n) is 4.91. The molecule has 0 N–H and O–H groups in total. The molecule has 160 valence electrons. The molecule has 7 heteroatoms. The van der Waals surface area contributed by atoms with Crippen molar-refractivity contribution in [1.82, 2.24) is 9.47 Å². The van der Waals surface area contributed by atoms with Crippen molar-refractivity contribution in [3.8, 4) is 5.75 Å². The summed E-state index contributed by atoms with van der Waals surface area (Å²) in [6.07, 6.45) is 4.59. The maximum atomic E-state index is 12.7. The zero-order chi connectivity index (χ0) is 20.0. The second-order valence-electron chi connectivity index (χ2n) is 8.22. The Balaban J connectivity index is 0.00000218. The minimum atomic E-state index is -3.84. The van der Waals surface area contributed by atoms with Gasteiger partial charge in [0, 0.05) is 23.1 Å². The van der Waals surface area contributed by atoms with Crippen molar-refractivity contribution in [2.24, 2.45) is 0 Å². The fourth-order valence-corrected chi connectivity index (χ4v) is 5.85. The van der Waals surface area contributed by atoms with E-state index in [1.165, 1.54) is 23.2 Å². The van der Waals surface area contributed by atoms with Gasteiger partial charge in [-0.25, -0.2) is 0 Å². The highest BCUT2D eigenvalue weighted by atomic mass is 35.5. The van der Waals surface area contributed by atoms with E-state index in [0.29, 0.717) is 11.7 Å². The first kappa shape index (κ1) is 21.2. The first-order valence-corrected chi connectivity index (χ1v) is 11.8. The van der Waals surface area contributed by atoms with Gasteiger partial charge in [-0.15, -0.1) is 12.4 Å². The number of piperidine rings is 1. The molecule has 1 aromatic heterocycles.